The van der Waals surface area contributed by atoms with Gasteiger partial charge in [-0.3, -0.25) is 4.79 Å². The number of alkyl halides is 3. The van der Waals surface area contributed by atoms with Gasteiger partial charge in [0.1, 0.15) is 5.57 Å². The fourth-order valence-corrected chi connectivity index (χ4v) is 3.77. The normalized spacial score (nSPS) is 35.8. The number of halogens is 3. The van der Waals surface area contributed by atoms with Crippen LogP contribution in [-0.2, 0) is 19.1 Å². The van der Waals surface area contributed by atoms with Crippen LogP contribution in [0.4, 0.5) is 13.2 Å². The number of carbonyl (C=O) groups is 2. The largest absolute Gasteiger partial charge is 0.454 e. The lowest BCUT2D eigenvalue weighted by atomic mass is 9.87. The zero-order valence-electron chi connectivity index (χ0n) is 13.0. The molecular formula is C15H18F3NO4. The minimum atomic E-state index is -4.84. The quantitative estimate of drug-likeness (QED) is 0.571. The molecule has 2 bridgehead atoms. The molecule has 8 heteroatoms. The van der Waals surface area contributed by atoms with Crippen LogP contribution in [0.25, 0.3) is 0 Å². The van der Waals surface area contributed by atoms with E-state index in [1.807, 2.05) is 20.8 Å². The maximum Gasteiger partial charge on any atom is 0.422 e. The third kappa shape index (κ3) is 2.34. The molecule has 0 aromatic carbocycles. The highest BCUT2D eigenvalue weighted by molar-refractivity contribution is 5.90. The molecular weight excluding hydrogens is 315 g/mol. The van der Waals surface area contributed by atoms with Gasteiger partial charge in [0.05, 0.1) is 24.2 Å². The first-order valence-corrected chi connectivity index (χ1v) is 7.38. The number of nitrogens with zero attached hydrogens (tertiary/aromatic N) is 1. The van der Waals surface area contributed by atoms with Crippen molar-refractivity contribution in [1.29, 1.82) is 0 Å². The van der Waals surface area contributed by atoms with E-state index in [-0.39, 0.29) is 11.8 Å². The molecule has 3 heterocycles. The van der Waals surface area contributed by atoms with Crippen LogP contribution in [0.2, 0.25) is 0 Å². The average molecular weight is 333 g/mol. The Labute approximate surface area is 131 Å². The maximum absolute atomic E-state index is 12.6. The molecule has 5 unspecified atom stereocenters. The van der Waals surface area contributed by atoms with E-state index in [2.05, 4.69) is 6.58 Å². The Morgan fingerprint density at radius 1 is 1.35 bits per heavy atom. The second-order valence-corrected chi connectivity index (χ2v) is 7.20. The Morgan fingerprint density at radius 3 is 2.48 bits per heavy atom. The van der Waals surface area contributed by atoms with Crippen LogP contribution in [0, 0.1) is 5.92 Å². The van der Waals surface area contributed by atoms with Crippen molar-refractivity contribution < 1.29 is 32.2 Å². The zero-order valence-corrected chi connectivity index (χ0v) is 13.0. The van der Waals surface area contributed by atoms with E-state index in [1.54, 1.807) is 4.90 Å². The molecule has 0 N–H and O–H groups in total. The van der Waals surface area contributed by atoms with E-state index in [0.717, 1.165) is 0 Å². The third-order valence-electron chi connectivity index (χ3n) is 4.66. The molecule has 0 radical (unpaired) electrons. The standard InChI is InChI=1S/C15H18F3NO4/c1-6(15(16,17)18)13(21)23-11-8-5-7-10(22-8)9(11)19(12(7)20)14(2,3)4/h7-11H,1,5H2,2-4H3. The van der Waals surface area contributed by atoms with Crippen molar-refractivity contribution >= 4 is 11.9 Å². The molecule has 23 heavy (non-hydrogen) atoms. The summed E-state index contributed by atoms with van der Waals surface area (Å²) < 4.78 is 48.5. The Kier molecular flexibility index (Phi) is 3.34. The number of likely N-dealkylation sites (tertiary alicyclic amines) is 1. The van der Waals surface area contributed by atoms with Crippen molar-refractivity contribution in [1.82, 2.24) is 4.90 Å². The van der Waals surface area contributed by atoms with E-state index in [0.29, 0.717) is 6.42 Å². The number of hydrogen-bond acceptors (Lipinski definition) is 4. The van der Waals surface area contributed by atoms with Crippen molar-refractivity contribution in [3.05, 3.63) is 12.2 Å². The molecule has 3 aliphatic heterocycles. The third-order valence-corrected chi connectivity index (χ3v) is 4.66. The molecule has 0 saturated carbocycles. The van der Waals surface area contributed by atoms with E-state index >= 15 is 0 Å². The molecule has 0 aromatic rings. The maximum atomic E-state index is 12.6. The smallest absolute Gasteiger partial charge is 0.422 e. The first-order valence-electron chi connectivity index (χ1n) is 7.38. The van der Waals surface area contributed by atoms with Gasteiger partial charge in [0.25, 0.3) is 0 Å². The fourth-order valence-electron chi connectivity index (χ4n) is 3.77. The highest BCUT2D eigenvalue weighted by atomic mass is 19.4. The lowest BCUT2D eigenvalue weighted by Crippen LogP contribution is -2.53. The molecule has 0 aliphatic carbocycles. The molecule has 5 nitrogen and oxygen atoms in total. The predicted molar refractivity (Wildman–Crippen MR) is 72.2 cm³/mol. The summed E-state index contributed by atoms with van der Waals surface area (Å²) in [6, 6.07) is -0.545. The Bertz CT molecular complexity index is 580. The second kappa shape index (κ2) is 4.72. The molecule has 3 rings (SSSR count). The van der Waals surface area contributed by atoms with Crippen LogP contribution in [-0.4, -0.2) is 52.8 Å². The molecule has 0 aromatic heterocycles. The molecule has 3 fully saturated rings. The summed E-state index contributed by atoms with van der Waals surface area (Å²) in [6.07, 6.45) is -6.34. The summed E-state index contributed by atoms with van der Waals surface area (Å²) in [4.78, 5) is 25.8. The van der Waals surface area contributed by atoms with Gasteiger partial charge in [-0.1, -0.05) is 6.58 Å². The van der Waals surface area contributed by atoms with Crippen molar-refractivity contribution in [2.24, 2.45) is 5.92 Å². The highest BCUT2D eigenvalue weighted by Gasteiger charge is 2.67. The lowest BCUT2D eigenvalue weighted by Gasteiger charge is -2.38. The number of rotatable bonds is 2. The Hall–Kier alpha value is -1.57. The van der Waals surface area contributed by atoms with Crippen LogP contribution in [0.5, 0.6) is 0 Å². The lowest BCUT2D eigenvalue weighted by molar-refractivity contribution is -0.161. The van der Waals surface area contributed by atoms with Gasteiger partial charge < -0.3 is 14.4 Å². The van der Waals surface area contributed by atoms with Crippen LogP contribution in [0.15, 0.2) is 12.2 Å². The first-order chi connectivity index (χ1) is 10.4. The molecule has 5 atom stereocenters. The number of hydrogen-bond donors (Lipinski definition) is 0. The van der Waals surface area contributed by atoms with Gasteiger partial charge in [0.2, 0.25) is 5.91 Å². The summed E-state index contributed by atoms with van der Waals surface area (Å²) in [5, 5.41) is 0. The van der Waals surface area contributed by atoms with Crippen LogP contribution in [0.1, 0.15) is 27.2 Å². The summed E-state index contributed by atoms with van der Waals surface area (Å²) in [5.74, 6) is -1.91. The molecule has 3 aliphatic rings. The van der Waals surface area contributed by atoms with Crippen molar-refractivity contribution in [2.75, 3.05) is 0 Å². The molecule has 3 saturated heterocycles. The van der Waals surface area contributed by atoms with Gasteiger partial charge in [-0.05, 0) is 27.2 Å². The summed E-state index contributed by atoms with van der Waals surface area (Å²) in [6.45, 7) is 8.24. The summed E-state index contributed by atoms with van der Waals surface area (Å²) in [5.41, 5.74) is -2.09. The van der Waals surface area contributed by atoms with E-state index < -0.39 is 47.6 Å². The number of ether oxygens (including phenoxy) is 2. The SMILES string of the molecule is C=C(C(=O)OC1C2CC3C(=O)N(C(C)(C)C)C1C3O2)C(F)(F)F. The van der Waals surface area contributed by atoms with Gasteiger partial charge >= 0.3 is 12.1 Å². The molecule has 0 spiro atoms. The van der Waals surface area contributed by atoms with Gasteiger partial charge in [-0.25, -0.2) is 4.79 Å². The fraction of sp³-hybridized carbons (Fsp3) is 0.733. The van der Waals surface area contributed by atoms with Gasteiger partial charge in [-0.15, -0.1) is 0 Å². The van der Waals surface area contributed by atoms with Crippen molar-refractivity contribution in [3.8, 4) is 0 Å². The second-order valence-electron chi connectivity index (χ2n) is 7.20. The van der Waals surface area contributed by atoms with Crippen LogP contribution < -0.4 is 0 Å². The molecule has 128 valence electrons. The average Bonchev–Trinajstić information content (AvgIpc) is 2.99. The topological polar surface area (TPSA) is 55.8 Å². The van der Waals surface area contributed by atoms with E-state index in [4.69, 9.17) is 9.47 Å². The minimum Gasteiger partial charge on any atom is -0.454 e. The first kappa shape index (κ1) is 16.3. The minimum absolute atomic E-state index is 0.0943. The van der Waals surface area contributed by atoms with Gasteiger partial charge in [0.15, 0.2) is 6.10 Å². The van der Waals surface area contributed by atoms with E-state index in [9.17, 15) is 22.8 Å². The number of carbonyl (C=O) groups excluding carboxylic acids is 2. The number of fused-ring (bicyclic) bond motifs is 1. The Balaban J connectivity index is 1.84. The summed E-state index contributed by atoms with van der Waals surface area (Å²) in [7, 11) is 0. The van der Waals surface area contributed by atoms with Crippen LogP contribution in [0.3, 0.4) is 0 Å². The molecule has 1 amide bonds. The monoisotopic (exact) mass is 333 g/mol. The van der Waals surface area contributed by atoms with Crippen molar-refractivity contribution in [3.63, 3.8) is 0 Å². The number of esters is 1. The van der Waals surface area contributed by atoms with Gasteiger partial charge in [0, 0.05) is 5.54 Å². The van der Waals surface area contributed by atoms with Gasteiger partial charge in [-0.2, -0.15) is 13.2 Å². The van der Waals surface area contributed by atoms with Crippen molar-refractivity contribution in [2.45, 2.75) is 63.3 Å². The van der Waals surface area contributed by atoms with E-state index in [1.165, 1.54) is 0 Å². The Morgan fingerprint density at radius 2 is 1.96 bits per heavy atom. The van der Waals surface area contributed by atoms with Crippen LogP contribution >= 0.6 is 0 Å². The highest BCUT2D eigenvalue weighted by Crippen LogP contribution is 2.51. The summed E-state index contributed by atoms with van der Waals surface area (Å²) >= 11 is 0. The number of amides is 1. The predicted octanol–water partition coefficient (Wildman–Crippen LogP) is 1.81. The zero-order chi connectivity index (χ0) is 17.3.